The second-order valence-corrected chi connectivity index (χ2v) is 10.9. The fourth-order valence-corrected chi connectivity index (χ4v) is 4.88. The maximum Gasteiger partial charge on any atom is 0.175 e. The Bertz CT molecular complexity index is 999. The van der Waals surface area contributed by atoms with Gasteiger partial charge in [0.05, 0.1) is 10.9 Å². The SMILES string of the molecule is Cc1ccc(C2CC2)nc1N1CCN(c2cccc(S(C)(=O)=O)c2)C[C@H]1C(C)C. The summed E-state index contributed by atoms with van der Waals surface area (Å²) in [5.74, 6) is 2.23. The largest absolute Gasteiger partial charge is 0.368 e. The molecule has 0 N–H and O–H groups in total. The first kappa shape index (κ1) is 20.2. The number of hydrogen-bond acceptors (Lipinski definition) is 5. The highest BCUT2D eigenvalue weighted by Crippen LogP contribution is 2.40. The van der Waals surface area contributed by atoms with E-state index >= 15 is 0 Å². The lowest BCUT2D eigenvalue weighted by molar-refractivity contribution is 0.415. The molecule has 1 aliphatic carbocycles. The van der Waals surface area contributed by atoms with Gasteiger partial charge in [-0.25, -0.2) is 13.4 Å². The van der Waals surface area contributed by atoms with Crippen LogP contribution in [0.1, 0.15) is 43.9 Å². The fraction of sp³-hybridized carbons (Fsp3) is 0.522. The van der Waals surface area contributed by atoms with Crippen LogP contribution in [0, 0.1) is 12.8 Å². The molecule has 156 valence electrons. The van der Waals surface area contributed by atoms with Crippen LogP contribution in [-0.2, 0) is 9.84 Å². The van der Waals surface area contributed by atoms with Crippen molar-refractivity contribution in [2.45, 2.75) is 50.5 Å². The Balaban J connectivity index is 1.61. The number of aromatic nitrogens is 1. The predicted molar refractivity (Wildman–Crippen MR) is 119 cm³/mol. The Labute approximate surface area is 174 Å². The number of nitrogens with zero attached hydrogens (tertiary/aromatic N) is 3. The zero-order chi connectivity index (χ0) is 20.8. The Kier molecular flexibility index (Phi) is 5.32. The van der Waals surface area contributed by atoms with Crippen molar-refractivity contribution in [1.82, 2.24) is 4.98 Å². The van der Waals surface area contributed by atoms with E-state index in [4.69, 9.17) is 4.98 Å². The number of aryl methyl sites for hydroxylation is 1. The van der Waals surface area contributed by atoms with Crippen LogP contribution in [-0.4, -0.2) is 45.3 Å². The second kappa shape index (κ2) is 7.63. The lowest BCUT2D eigenvalue weighted by atomic mass is 9.98. The van der Waals surface area contributed by atoms with Crippen molar-refractivity contribution in [3.05, 3.63) is 47.7 Å². The Morgan fingerprint density at radius 3 is 2.52 bits per heavy atom. The molecule has 2 aliphatic rings. The summed E-state index contributed by atoms with van der Waals surface area (Å²) in [7, 11) is -3.21. The van der Waals surface area contributed by atoms with Gasteiger partial charge in [0.2, 0.25) is 0 Å². The molecule has 1 atom stereocenters. The third-order valence-corrected chi connectivity index (χ3v) is 7.27. The van der Waals surface area contributed by atoms with Gasteiger partial charge >= 0.3 is 0 Å². The molecule has 2 heterocycles. The summed E-state index contributed by atoms with van der Waals surface area (Å²) < 4.78 is 23.9. The smallest absolute Gasteiger partial charge is 0.175 e. The van der Waals surface area contributed by atoms with Crippen LogP contribution in [0.2, 0.25) is 0 Å². The normalized spacial score (nSPS) is 20.4. The molecule has 2 aromatic rings. The van der Waals surface area contributed by atoms with E-state index < -0.39 is 9.84 Å². The van der Waals surface area contributed by atoms with Gasteiger partial charge in [-0.15, -0.1) is 0 Å². The monoisotopic (exact) mass is 413 g/mol. The van der Waals surface area contributed by atoms with Gasteiger partial charge in [0.1, 0.15) is 5.82 Å². The Morgan fingerprint density at radius 2 is 1.86 bits per heavy atom. The van der Waals surface area contributed by atoms with Crippen molar-refractivity contribution in [2.24, 2.45) is 5.92 Å². The number of anilines is 2. The van der Waals surface area contributed by atoms with Crippen LogP contribution in [0.25, 0.3) is 0 Å². The first-order valence-corrected chi connectivity index (χ1v) is 12.4. The fourth-order valence-electron chi connectivity index (χ4n) is 4.22. The van der Waals surface area contributed by atoms with Gasteiger partial charge in [-0.05, 0) is 55.5 Å². The summed E-state index contributed by atoms with van der Waals surface area (Å²) >= 11 is 0. The van der Waals surface area contributed by atoms with E-state index in [0.717, 1.165) is 31.1 Å². The van der Waals surface area contributed by atoms with Gasteiger partial charge in [0, 0.05) is 43.2 Å². The van der Waals surface area contributed by atoms with Gasteiger partial charge in [0.25, 0.3) is 0 Å². The summed E-state index contributed by atoms with van der Waals surface area (Å²) in [6.45, 7) is 9.26. The Hall–Kier alpha value is -2.08. The molecule has 5 nitrogen and oxygen atoms in total. The summed E-state index contributed by atoms with van der Waals surface area (Å²) in [5, 5.41) is 0. The number of pyridine rings is 1. The van der Waals surface area contributed by atoms with Gasteiger partial charge < -0.3 is 9.80 Å². The summed E-state index contributed by atoms with van der Waals surface area (Å²) in [6.07, 6.45) is 3.78. The van der Waals surface area contributed by atoms with E-state index in [1.54, 1.807) is 12.1 Å². The zero-order valence-electron chi connectivity index (χ0n) is 17.8. The van der Waals surface area contributed by atoms with Crippen LogP contribution >= 0.6 is 0 Å². The molecule has 0 amide bonds. The molecule has 0 spiro atoms. The predicted octanol–water partition coefficient (Wildman–Crippen LogP) is 4.02. The lowest BCUT2D eigenvalue weighted by Gasteiger charge is -2.45. The summed E-state index contributed by atoms with van der Waals surface area (Å²) in [5.41, 5.74) is 3.44. The van der Waals surface area contributed by atoms with Gasteiger partial charge in [-0.1, -0.05) is 26.0 Å². The van der Waals surface area contributed by atoms with Gasteiger partial charge in [0.15, 0.2) is 9.84 Å². The third kappa shape index (κ3) is 4.27. The number of benzene rings is 1. The minimum Gasteiger partial charge on any atom is -0.368 e. The molecule has 0 unspecified atom stereocenters. The van der Waals surface area contributed by atoms with Crippen molar-refractivity contribution in [1.29, 1.82) is 0 Å². The minimum atomic E-state index is -3.21. The van der Waals surface area contributed by atoms with Crippen LogP contribution in [0.5, 0.6) is 0 Å². The maximum atomic E-state index is 12.0. The maximum absolute atomic E-state index is 12.0. The first-order valence-electron chi connectivity index (χ1n) is 10.5. The van der Waals surface area contributed by atoms with E-state index in [9.17, 15) is 8.42 Å². The van der Waals surface area contributed by atoms with Gasteiger partial charge in [-0.2, -0.15) is 0 Å². The number of hydrogen-bond donors (Lipinski definition) is 0. The number of sulfone groups is 1. The van der Waals surface area contributed by atoms with E-state index in [1.165, 1.54) is 30.4 Å². The van der Waals surface area contributed by atoms with Crippen molar-refractivity contribution in [2.75, 3.05) is 35.7 Å². The molecule has 1 saturated carbocycles. The molecular formula is C23H31N3O2S. The van der Waals surface area contributed by atoms with Crippen molar-refractivity contribution < 1.29 is 8.42 Å². The average molecular weight is 414 g/mol. The summed E-state index contributed by atoms with van der Waals surface area (Å²) in [4.78, 5) is 10.2. The van der Waals surface area contributed by atoms with E-state index in [0.29, 0.717) is 22.8 Å². The number of rotatable bonds is 5. The minimum absolute atomic E-state index is 0.325. The highest BCUT2D eigenvalue weighted by Gasteiger charge is 2.33. The van der Waals surface area contributed by atoms with Crippen molar-refractivity contribution >= 4 is 21.3 Å². The second-order valence-electron chi connectivity index (χ2n) is 8.87. The molecule has 6 heteroatoms. The molecule has 1 saturated heterocycles. The van der Waals surface area contributed by atoms with Crippen molar-refractivity contribution in [3.8, 4) is 0 Å². The quantitative estimate of drug-likeness (QED) is 0.741. The molecule has 29 heavy (non-hydrogen) atoms. The zero-order valence-corrected chi connectivity index (χ0v) is 18.6. The summed E-state index contributed by atoms with van der Waals surface area (Å²) in [6, 6.07) is 12.1. The molecule has 1 aromatic carbocycles. The van der Waals surface area contributed by atoms with Crippen LogP contribution in [0.4, 0.5) is 11.5 Å². The molecule has 2 fully saturated rings. The van der Waals surface area contributed by atoms with E-state index in [1.807, 2.05) is 12.1 Å². The molecule has 0 bridgehead atoms. The third-order valence-electron chi connectivity index (χ3n) is 6.16. The van der Waals surface area contributed by atoms with Crippen LogP contribution < -0.4 is 9.80 Å². The van der Waals surface area contributed by atoms with E-state index in [-0.39, 0.29) is 0 Å². The van der Waals surface area contributed by atoms with E-state index in [2.05, 4.69) is 42.7 Å². The van der Waals surface area contributed by atoms with Crippen LogP contribution in [0.3, 0.4) is 0 Å². The molecule has 4 rings (SSSR count). The topological polar surface area (TPSA) is 53.5 Å². The standard InChI is InChI=1S/C23H31N3O2S/c1-16(2)22-15-25(19-6-5-7-20(14-19)29(4,27)28)12-13-26(22)23-17(3)8-11-21(24-23)18-9-10-18/h5-8,11,14,16,18,22H,9-10,12-13,15H2,1-4H3/t22-/m0/s1. The van der Waals surface area contributed by atoms with Crippen LogP contribution in [0.15, 0.2) is 41.3 Å². The molecule has 0 radical (unpaired) electrons. The molecule has 1 aromatic heterocycles. The number of piperazine rings is 1. The lowest BCUT2D eigenvalue weighted by Crippen LogP contribution is -2.56. The molecule has 1 aliphatic heterocycles. The highest BCUT2D eigenvalue weighted by molar-refractivity contribution is 7.90. The molecular weight excluding hydrogens is 382 g/mol. The van der Waals surface area contributed by atoms with Crippen molar-refractivity contribution in [3.63, 3.8) is 0 Å². The van der Waals surface area contributed by atoms with Gasteiger partial charge in [-0.3, -0.25) is 0 Å². The first-order chi connectivity index (χ1) is 13.7. The highest BCUT2D eigenvalue weighted by atomic mass is 32.2. The average Bonchev–Trinajstić information content (AvgIpc) is 3.53. The Morgan fingerprint density at radius 1 is 1.10 bits per heavy atom.